The van der Waals surface area contributed by atoms with Gasteiger partial charge in [0.25, 0.3) is 5.56 Å². The highest BCUT2D eigenvalue weighted by Crippen LogP contribution is 2.31. The molecule has 0 radical (unpaired) electrons. The molecule has 0 fully saturated rings. The highest BCUT2D eigenvalue weighted by molar-refractivity contribution is 7.07. The quantitative estimate of drug-likeness (QED) is 0.607. The summed E-state index contributed by atoms with van der Waals surface area (Å²) < 4.78 is 7.10. The summed E-state index contributed by atoms with van der Waals surface area (Å²) in [6.07, 6.45) is 1.83. The molecule has 1 aliphatic rings. The molecule has 5 nitrogen and oxygen atoms in total. The number of halogens is 1. The first-order chi connectivity index (χ1) is 14.0. The molecule has 29 heavy (non-hydrogen) atoms. The van der Waals surface area contributed by atoms with E-state index in [4.69, 9.17) is 16.3 Å². The van der Waals surface area contributed by atoms with Gasteiger partial charge in [0.2, 0.25) is 0 Å². The largest absolute Gasteiger partial charge is 0.466 e. The number of hydrogen-bond acceptors (Lipinski definition) is 5. The van der Waals surface area contributed by atoms with Crippen LogP contribution in [0, 0.1) is 0 Å². The van der Waals surface area contributed by atoms with Gasteiger partial charge in [-0.05, 0) is 36.3 Å². The fourth-order valence-electron chi connectivity index (χ4n) is 3.35. The molecule has 0 spiro atoms. The molecular weight excluding hydrogens is 408 g/mol. The molecular formula is C22H17ClN2O3S. The van der Waals surface area contributed by atoms with Crippen LogP contribution in [0.5, 0.6) is 0 Å². The van der Waals surface area contributed by atoms with E-state index in [-0.39, 0.29) is 5.56 Å². The van der Waals surface area contributed by atoms with Crippen LogP contribution in [0.25, 0.3) is 6.08 Å². The monoisotopic (exact) mass is 424 g/mol. The van der Waals surface area contributed by atoms with Crippen molar-refractivity contribution in [2.75, 3.05) is 7.11 Å². The van der Waals surface area contributed by atoms with Gasteiger partial charge in [0.15, 0.2) is 4.80 Å². The van der Waals surface area contributed by atoms with E-state index in [1.54, 1.807) is 23.6 Å². The van der Waals surface area contributed by atoms with Gasteiger partial charge in [-0.1, -0.05) is 65.4 Å². The van der Waals surface area contributed by atoms with Crippen molar-refractivity contribution in [3.63, 3.8) is 0 Å². The molecule has 0 bridgehead atoms. The molecule has 2 aromatic carbocycles. The summed E-state index contributed by atoms with van der Waals surface area (Å²) in [4.78, 5) is 30.9. The van der Waals surface area contributed by atoms with E-state index in [9.17, 15) is 9.59 Å². The number of rotatable bonds is 3. The van der Waals surface area contributed by atoms with E-state index >= 15 is 0 Å². The summed E-state index contributed by atoms with van der Waals surface area (Å²) in [6, 6.07) is 16.1. The van der Waals surface area contributed by atoms with Gasteiger partial charge in [0.05, 0.1) is 29.0 Å². The Kier molecular flexibility index (Phi) is 5.22. The van der Waals surface area contributed by atoms with Gasteiger partial charge >= 0.3 is 5.97 Å². The van der Waals surface area contributed by atoms with Gasteiger partial charge in [-0.3, -0.25) is 9.36 Å². The highest BCUT2D eigenvalue weighted by Gasteiger charge is 2.32. The molecule has 7 heteroatoms. The number of benzene rings is 2. The first-order valence-corrected chi connectivity index (χ1v) is 10.1. The van der Waals surface area contributed by atoms with Crippen LogP contribution in [0.3, 0.4) is 0 Å². The smallest absolute Gasteiger partial charge is 0.338 e. The van der Waals surface area contributed by atoms with Gasteiger partial charge in [-0.25, -0.2) is 9.79 Å². The molecule has 0 unspecified atom stereocenters. The number of thiazole rings is 1. The normalized spacial score (nSPS) is 16.4. The fraction of sp³-hybridized carbons (Fsp3) is 0.136. The third-order valence-electron chi connectivity index (χ3n) is 4.71. The van der Waals surface area contributed by atoms with E-state index in [2.05, 4.69) is 4.99 Å². The predicted molar refractivity (Wildman–Crippen MR) is 114 cm³/mol. The minimum Gasteiger partial charge on any atom is -0.466 e. The Morgan fingerprint density at radius 1 is 1.17 bits per heavy atom. The molecule has 0 saturated carbocycles. The zero-order valence-corrected chi connectivity index (χ0v) is 17.3. The van der Waals surface area contributed by atoms with Crippen molar-refractivity contribution in [2.24, 2.45) is 4.99 Å². The first kappa shape index (κ1) is 19.4. The van der Waals surface area contributed by atoms with Crippen molar-refractivity contribution in [3.8, 4) is 0 Å². The molecule has 0 aliphatic carbocycles. The second-order valence-corrected chi connectivity index (χ2v) is 7.98. The Morgan fingerprint density at radius 2 is 1.86 bits per heavy atom. The van der Waals surface area contributed by atoms with Crippen LogP contribution in [0.15, 0.2) is 75.7 Å². The van der Waals surface area contributed by atoms with E-state index in [0.717, 1.165) is 11.1 Å². The van der Waals surface area contributed by atoms with Crippen molar-refractivity contribution in [2.45, 2.75) is 13.0 Å². The molecule has 0 amide bonds. The lowest BCUT2D eigenvalue weighted by Crippen LogP contribution is -2.39. The van der Waals surface area contributed by atoms with Crippen LogP contribution in [0.4, 0.5) is 0 Å². The highest BCUT2D eigenvalue weighted by atomic mass is 35.5. The Morgan fingerprint density at radius 3 is 2.52 bits per heavy atom. The van der Waals surface area contributed by atoms with E-state index < -0.39 is 12.0 Å². The van der Waals surface area contributed by atoms with Gasteiger partial charge < -0.3 is 4.74 Å². The van der Waals surface area contributed by atoms with E-state index in [0.29, 0.717) is 25.6 Å². The Hall–Kier alpha value is -2.96. The van der Waals surface area contributed by atoms with Crippen LogP contribution in [-0.4, -0.2) is 17.6 Å². The predicted octanol–water partition coefficient (Wildman–Crippen LogP) is 3.06. The number of carbonyl (C=O) groups is 1. The Bertz CT molecular complexity index is 1290. The lowest BCUT2D eigenvalue weighted by atomic mass is 9.96. The number of methoxy groups -OCH3 is 1. The van der Waals surface area contributed by atoms with Crippen LogP contribution < -0.4 is 14.9 Å². The van der Waals surface area contributed by atoms with Crippen molar-refractivity contribution in [1.29, 1.82) is 0 Å². The van der Waals surface area contributed by atoms with Crippen molar-refractivity contribution in [3.05, 3.63) is 102 Å². The number of hydrogen-bond donors (Lipinski definition) is 0. The van der Waals surface area contributed by atoms with Crippen molar-refractivity contribution >= 4 is 35.0 Å². The Balaban J connectivity index is 1.99. The van der Waals surface area contributed by atoms with Crippen LogP contribution >= 0.6 is 22.9 Å². The number of allylic oxidation sites excluding steroid dienone is 1. The van der Waals surface area contributed by atoms with E-state index in [1.165, 1.54) is 18.4 Å². The molecule has 146 valence electrons. The second-order valence-electron chi connectivity index (χ2n) is 6.54. The summed E-state index contributed by atoms with van der Waals surface area (Å²) in [6.45, 7) is 1.75. The zero-order chi connectivity index (χ0) is 20.5. The number of aromatic nitrogens is 1. The number of esters is 1. The number of ether oxygens (including phenoxy) is 1. The summed E-state index contributed by atoms with van der Waals surface area (Å²) >= 11 is 7.34. The van der Waals surface area contributed by atoms with Gasteiger partial charge in [0.1, 0.15) is 0 Å². The third-order valence-corrected chi connectivity index (χ3v) is 5.94. The summed E-state index contributed by atoms with van der Waals surface area (Å²) in [5.74, 6) is -0.511. The van der Waals surface area contributed by atoms with Gasteiger partial charge in [-0.15, -0.1) is 0 Å². The van der Waals surface area contributed by atoms with Gasteiger partial charge in [0, 0.05) is 5.02 Å². The lowest BCUT2D eigenvalue weighted by molar-refractivity contribution is -0.136. The lowest BCUT2D eigenvalue weighted by Gasteiger charge is -2.24. The molecule has 0 N–H and O–H groups in total. The number of carbonyl (C=O) groups excluding carboxylic acids is 1. The third kappa shape index (κ3) is 3.57. The number of fused-ring (bicyclic) bond motifs is 1. The maximum absolute atomic E-state index is 13.3. The Labute approximate surface area is 175 Å². The summed E-state index contributed by atoms with van der Waals surface area (Å²) in [7, 11) is 1.32. The maximum atomic E-state index is 13.3. The average Bonchev–Trinajstić information content (AvgIpc) is 3.02. The van der Waals surface area contributed by atoms with Crippen LogP contribution in [-0.2, 0) is 9.53 Å². The zero-order valence-electron chi connectivity index (χ0n) is 15.8. The van der Waals surface area contributed by atoms with Crippen LogP contribution in [0.1, 0.15) is 24.1 Å². The summed E-state index contributed by atoms with van der Waals surface area (Å²) in [5, 5.41) is 0.575. The van der Waals surface area contributed by atoms with Crippen LogP contribution in [0.2, 0.25) is 5.02 Å². The minimum atomic E-state index is -0.631. The number of nitrogens with zero attached hydrogens (tertiary/aromatic N) is 2. The standard InChI is InChI=1S/C22H17ClN2O3S/c1-13-18(21(27)28-2)19(15-8-10-16(23)11-9-15)25-20(26)17(29-22(25)24-13)12-14-6-4-3-5-7-14/h3-12,19H,1-2H3/b17-12-/t19-/m0/s1. The van der Waals surface area contributed by atoms with E-state index in [1.807, 2.05) is 48.5 Å². The van der Waals surface area contributed by atoms with Gasteiger partial charge in [-0.2, -0.15) is 0 Å². The van der Waals surface area contributed by atoms with Crippen molar-refractivity contribution < 1.29 is 9.53 Å². The molecule has 3 aromatic rings. The molecule has 1 aliphatic heterocycles. The fourth-order valence-corrected chi connectivity index (χ4v) is 4.53. The second kappa shape index (κ2) is 7.81. The molecule has 2 heterocycles. The minimum absolute atomic E-state index is 0.202. The SMILES string of the molecule is COC(=O)C1=C(C)N=c2s/c(=C\c3ccccc3)c(=O)n2[C@H]1c1ccc(Cl)cc1. The molecule has 0 saturated heterocycles. The van der Waals surface area contributed by atoms with Crippen molar-refractivity contribution in [1.82, 2.24) is 4.57 Å². The maximum Gasteiger partial charge on any atom is 0.338 e. The topological polar surface area (TPSA) is 60.7 Å². The first-order valence-electron chi connectivity index (χ1n) is 8.91. The molecule has 1 aromatic heterocycles. The molecule has 4 rings (SSSR count). The summed E-state index contributed by atoms with van der Waals surface area (Å²) in [5.41, 5.74) is 2.35. The molecule has 1 atom stereocenters. The average molecular weight is 425 g/mol.